The number of nitrogens with one attached hydrogen (secondary N) is 1. The molecule has 2 aromatic rings. The maximum Gasteiger partial charge on any atom is 0.258 e. The third kappa shape index (κ3) is 3.47. The molecule has 1 amide bonds. The topological polar surface area (TPSA) is 130 Å². The number of rotatable bonds is 3. The number of nitrogens with zero attached hydrogens (tertiary/aromatic N) is 2. The van der Waals surface area contributed by atoms with E-state index in [1.165, 1.54) is 26.1 Å². The molecule has 8 heteroatoms. The van der Waals surface area contributed by atoms with E-state index in [1.807, 2.05) is 6.92 Å². The molecule has 25 heavy (non-hydrogen) atoms. The zero-order chi connectivity index (χ0) is 18.8. The smallest absolute Gasteiger partial charge is 0.258 e. The Kier molecular flexibility index (Phi) is 5.11. The van der Waals surface area contributed by atoms with Gasteiger partial charge in [-0.2, -0.15) is 0 Å². The molecule has 0 saturated heterocycles. The molecule has 1 atom stereocenters. The van der Waals surface area contributed by atoms with Gasteiger partial charge in [-0.1, -0.05) is 5.92 Å². The van der Waals surface area contributed by atoms with Crippen LogP contribution in [-0.4, -0.2) is 44.9 Å². The summed E-state index contributed by atoms with van der Waals surface area (Å²) in [6, 6.07) is 3.02. The highest BCUT2D eigenvalue weighted by atomic mass is 16.3. The van der Waals surface area contributed by atoms with Gasteiger partial charge in [0.25, 0.3) is 5.91 Å². The van der Waals surface area contributed by atoms with Crippen LogP contribution in [0.4, 0.5) is 5.82 Å². The largest absolute Gasteiger partial charge is 0.392 e. The van der Waals surface area contributed by atoms with Crippen molar-refractivity contribution < 1.29 is 15.0 Å². The van der Waals surface area contributed by atoms with Crippen LogP contribution in [0, 0.1) is 11.8 Å². The van der Waals surface area contributed by atoms with Crippen molar-refractivity contribution in [3.8, 4) is 11.8 Å². The highest BCUT2D eigenvalue weighted by Gasteiger charge is 2.20. The van der Waals surface area contributed by atoms with Crippen molar-refractivity contribution in [2.45, 2.75) is 26.0 Å². The van der Waals surface area contributed by atoms with E-state index in [0.717, 1.165) is 0 Å². The minimum atomic E-state index is -1.55. The number of pyridine rings is 2. The lowest BCUT2D eigenvalue weighted by molar-refractivity contribution is 0.0518. The quantitative estimate of drug-likeness (QED) is 0.553. The number of nitrogens with two attached hydrogens (primary N) is 1. The summed E-state index contributed by atoms with van der Waals surface area (Å²) in [4.78, 5) is 28.9. The molecule has 0 aliphatic heterocycles. The number of anilines is 1. The standard InChI is InChI=1S/C17H20N4O4/c1-4-21-14(18)12(16(24)19-3)13(23)11-6-5-10(20-15(11)21)7-8-17(2,25)9-22/h5-6,22,25H,4,9,18H2,1-3H3,(H,19,24). The molecular formula is C17H20N4O4. The number of amides is 1. The van der Waals surface area contributed by atoms with Gasteiger partial charge in [0, 0.05) is 13.6 Å². The van der Waals surface area contributed by atoms with Gasteiger partial charge in [-0.25, -0.2) is 4.98 Å². The monoisotopic (exact) mass is 344 g/mol. The first-order valence-corrected chi connectivity index (χ1v) is 7.67. The van der Waals surface area contributed by atoms with Crippen LogP contribution in [0.5, 0.6) is 0 Å². The molecule has 0 bridgehead atoms. The molecule has 2 rings (SSSR count). The lowest BCUT2D eigenvalue weighted by Gasteiger charge is -2.15. The van der Waals surface area contributed by atoms with Gasteiger partial charge in [0.2, 0.25) is 5.43 Å². The van der Waals surface area contributed by atoms with Crippen LogP contribution in [0.1, 0.15) is 29.9 Å². The fourth-order valence-corrected chi connectivity index (χ4v) is 2.30. The second-order valence-corrected chi connectivity index (χ2v) is 5.66. The number of hydrogen-bond acceptors (Lipinski definition) is 6. The molecular weight excluding hydrogens is 324 g/mol. The molecule has 2 aromatic heterocycles. The number of aliphatic hydroxyl groups is 2. The molecule has 0 aliphatic carbocycles. The van der Waals surface area contributed by atoms with Gasteiger partial charge < -0.3 is 25.8 Å². The van der Waals surface area contributed by atoms with E-state index < -0.39 is 23.5 Å². The Bertz CT molecular complexity index is 951. The Morgan fingerprint density at radius 3 is 2.72 bits per heavy atom. The Morgan fingerprint density at radius 2 is 2.16 bits per heavy atom. The molecule has 0 fully saturated rings. The molecule has 0 radical (unpaired) electrons. The summed E-state index contributed by atoms with van der Waals surface area (Å²) in [5, 5.41) is 21.4. The van der Waals surface area contributed by atoms with Crippen LogP contribution in [0.25, 0.3) is 11.0 Å². The van der Waals surface area contributed by atoms with Crippen LogP contribution in [0.3, 0.4) is 0 Å². The number of hydrogen-bond donors (Lipinski definition) is 4. The van der Waals surface area contributed by atoms with E-state index in [-0.39, 0.29) is 16.8 Å². The predicted octanol–water partition coefficient (Wildman–Crippen LogP) is -0.547. The number of aryl methyl sites for hydroxylation is 1. The molecule has 0 aliphatic rings. The average Bonchev–Trinajstić information content (AvgIpc) is 2.60. The van der Waals surface area contributed by atoms with Crippen LogP contribution < -0.4 is 16.5 Å². The van der Waals surface area contributed by atoms with E-state index in [0.29, 0.717) is 17.9 Å². The second-order valence-electron chi connectivity index (χ2n) is 5.66. The molecule has 0 saturated carbocycles. The maximum absolute atomic E-state index is 12.6. The van der Waals surface area contributed by atoms with Crippen molar-refractivity contribution in [1.29, 1.82) is 0 Å². The number of fused-ring (bicyclic) bond motifs is 1. The summed E-state index contributed by atoms with van der Waals surface area (Å²) in [5.74, 6) is 4.63. The first-order chi connectivity index (χ1) is 11.8. The van der Waals surface area contributed by atoms with Crippen LogP contribution in [0.2, 0.25) is 0 Å². The lowest BCUT2D eigenvalue weighted by atomic mass is 10.1. The molecule has 8 nitrogen and oxygen atoms in total. The summed E-state index contributed by atoms with van der Waals surface area (Å²) >= 11 is 0. The Hall–Kier alpha value is -2.89. The van der Waals surface area contributed by atoms with E-state index in [4.69, 9.17) is 10.8 Å². The minimum Gasteiger partial charge on any atom is -0.392 e. The number of nitrogen functional groups attached to an aromatic ring is 1. The van der Waals surface area contributed by atoms with Gasteiger partial charge in [-0.3, -0.25) is 9.59 Å². The molecule has 1 unspecified atom stereocenters. The van der Waals surface area contributed by atoms with Crippen molar-refractivity contribution in [3.05, 3.63) is 33.6 Å². The Labute approximate surface area is 144 Å². The number of aliphatic hydroxyl groups excluding tert-OH is 1. The van der Waals surface area contributed by atoms with E-state index in [9.17, 15) is 14.7 Å². The molecule has 5 N–H and O–H groups in total. The highest BCUT2D eigenvalue weighted by Crippen LogP contribution is 2.17. The summed E-state index contributed by atoms with van der Waals surface area (Å²) in [6.45, 7) is 3.06. The van der Waals surface area contributed by atoms with Crippen LogP contribution in [0.15, 0.2) is 16.9 Å². The fourth-order valence-electron chi connectivity index (χ4n) is 2.30. The van der Waals surface area contributed by atoms with Crippen LogP contribution >= 0.6 is 0 Å². The van der Waals surface area contributed by atoms with Gasteiger partial charge >= 0.3 is 0 Å². The summed E-state index contributed by atoms with van der Waals surface area (Å²) in [6.07, 6.45) is 0. The summed E-state index contributed by atoms with van der Waals surface area (Å²) in [5.41, 5.74) is 4.42. The zero-order valence-electron chi connectivity index (χ0n) is 14.3. The van der Waals surface area contributed by atoms with Crippen molar-refractivity contribution in [1.82, 2.24) is 14.9 Å². The molecule has 0 aromatic carbocycles. The lowest BCUT2D eigenvalue weighted by Crippen LogP contribution is -2.30. The van der Waals surface area contributed by atoms with Gasteiger partial charge in [0.15, 0.2) is 0 Å². The SMILES string of the molecule is CCn1c(N)c(C(=O)NC)c(=O)c2ccc(C#CC(C)(O)CO)nc21. The summed E-state index contributed by atoms with van der Waals surface area (Å²) < 4.78 is 1.55. The molecule has 0 spiro atoms. The third-order valence-electron chi connectivity index (χ3n) is 3.69. The predicted molar refractivity (Wildman–Crippen MR) is 94.1 cm³/mol. The van der Waals surface area contributed by atoms with Crippen molar-refractivity contribution in [2.75, 3.05) is 19.4 Å². The summed E-state index contributed by atoms with van der Waals surface area (Å²) in [7, 11) is 1.42. The van der Waals surface area contributed by atoms with Crippen molar-refractivity contribution >= 4 is 22.8 Å². The van der Waals surface area contributed by atoms with Gasteiger partial charge in [-0.15, -0.1) is 0 Å². The van der Waals surface area contributed by atoms with E-state index in [2.05, 4.69) is 22.1 Å². The van der Waals surface area contributed by atoms with Crippen LogP contribution in [-0.2, 0) is 6.54 Å². The number of carbonyl (C=O) groups excluding carboxylic acids is 1. The average molecular weight is 344 g/mol. The second kappa shape index (κ2) is 6.93. The fraction of sp³-hybridized carbons (Fsp3) is 0.353. The maximum atomic E-state index is 12.6. The first-order valence-electron chi connectivity index (χ1n) is 7.67. The number of aromatic nitrogens is 2. The van der Waals surface area contributed by atoms with Gasteiger partial charge in [0.1, 0.15) is 28.3 Å². The first kappa shape index (κ1) is 18.4. The van der Waals surface area contributed by atoms with E-state index in [1.54, 1.807) is 4.57 Å². The van der Waals surface area contributed by atoms with Gasteiger partial charge in [-0.05, 0) is 31.9 Å². The highest BCUT2D eigenvalue weighted by molar-refractivity contribution is 6.01. The number of carbonyl (C=O) groups is 1. The van der Waals surface area contributed by atoms with Gasteiger partial charge in [0.05, 0.1) is 12.0 Å². The van der Waals surface area contributed by atoms with Crippen molar-refractivity contribution in [3.63, 3.8) is 0 Å². The van der Waals surface area contributed by atoms with Crippen molar-refractivity contribution in [2.24, 2.45) is 0 Å². The molecule has 132 valence electrons. The Morgan fingerprint density at radius 1 is 1.48 bits per heavy atom. The Balaban J connectivity index is 2.75. The third-order valence-corrected chi connectivity index (χ3v) is 3.69. The molecule has 2 heterocycles. The van der Waals surface area contributed by atoms with E-state index >= 15 is 0 Å². The normalized spacial score (nSPS) is 13.0. The zero-order valence-corrected chi connectivity index (χ0v) is 14.3. The minimum absolute atomic E-state index is 0.0271.